The lowest BCUT2D eigenvalue weighted by molar-refractivity contribution is -0.119. The van der Waals surface area contributed by atoms with Crippen LogP contribution in [0.3, 0.4) is 0 Å². The molecular weight excluding hydrogens is 336 g/mol. The molecule has 1 aliphatic heterocycles. The molecular formula is C19H14N2O3S. The molecule has 0 spiro atoms. The molecule has 0 radical (unpaired) electrons. The first kappa shape index (κ1) is 15.7. The summed E-state index contributed by atoms with van der Waals surface area (Å²) in [5, 5.41) is 10.6. The molecule has 0 saturated carbocycles. The number of nitriles is 1. The van der Waals surface area contributed by atoms with Gasteiger partial charge in [0.15, 0.2) is 0 Å². The largest absolute Gasteiger partial charge is 0.457 e. The molecule has 2 amide bonds. The van der Waals surface area contributed by atoms with Gasteiger partial charge >= 0.3 is 0 Å². The lowest BCUT2D eigenvalue weighted by Gasteiger charge is -2.16. The second-order valence-corrected chi connectivity index (χ2v) is 7.17. The summed E-state index contributed by atoms with van der Waals surface area (Å²) in [6.07, 6.45) is 1.72. The third-order valence-corrected chi connectivity index (χ3v) is 5.65. The number of amides is 2. The van der Waals surface area contributed by atoms with E-state index in [1.165, 1.54) is 0 Å². The average Bonchev–Trinajstić information content (AvgIpc) is 3.17. The van der Waals surface area contributed by atoms with Crippen molar-refractivity contribution < 1.29 is 14.3 Å². The predicted molar refractivity (Wildman–Crippen MR) is 93.7 cm³/mol. The molecule has 25 heavy (non-hydrogen) atoms. The maximum absolute atomic E-state index is 11.9. The van der Waals surface area contributed by atoms with Gasteiger partial charge in [-0.05, 0) is 60.4 Å². The zero-order valence-electron chi connectivity index (χ0n) is 13.2. The lowest BCUT2D eigenvalue weighted by Crippen LogP contribution is -2.27. The van der Waals surface area contributed by atoms with Crippen molar-refractivity contribution in [3.8, 4) is 17.6 Å². The second-order valence-electron chi connectivity index (χ2n) is 6.06. The maximum Gasteiger partial charge on any atom is 0.286 e. The molecule has 5 nitrogen and oxygen atoms in total. The molecule has 1 aliphatic carbocycles. The summed E-state index contributed by atoms with van der Waals surface area (Å²) in [7, 11) is 0. The van der Waals surface area contributed by atoms with E-state index in [-0.39, 0.29) is 22.3 Å². The summed E-state index contributed by atoms with van der Waals surface area (Å²) in [5.41, 5.74) is 2.87. The zero-order valence-corrected chi connectivity index (χ0v) is 14.0. The summed E-state index contributed by atoms with van der Waals surface area (Å²) in [6.45, 7) is 0. The normalized spacial score (nSPS) is 21.6. The third-order valence-electron chi connectivity index (χ3n) is 4.54. The van der Waals surface area contributed by atoms with Crippen LogP contribution in [0.25, 0.3) is 0 Å². The van der Waals surface area contributed by atoms with E-state index < -0.39 is 0 Å². The fraction of sp³-hybridized carbons (Fsp3) is 0.211. The van der Waals surface area contributed by atoms with Crippen LogP contribution in [0.15, 0.2) is 42.5 Å². The van der Waals surface area contributed by atoms with Gasteiger partial charge in [0.25, 0.3) is 5.24 Å². The first-order chi connectivity index (χ1) is 12.1. The van der Waals surface area contributed by atoms with Crippen LogP contribution in [0, 0.1) is 11.3 Å². The number of hydrogen-bond donors (Lipinski definition) is 1. The average molecular weight is 350 g/mol. The van der Waals surface area contributed by atoms with Crippen LogP contribution in [0.1, 0.15) is 29.0 Å². The molecule has 1 fully saturated rings. The number of nitrogens with one attached hydrogen (secondary N) is 1. The molecule has 0 aromatic heterocycles. The molecule has 4 rings (SSSR count). The number of rotatable bonds is 3. The van der Waals surface area contributed by atoms with Crippen molar-refractivity contribution in [1.82, 2.24) is 5.32 Å². The van der Waals surface area contributed by atoms with Crippen molar-refractivity contribution >= 4 is 22.9 Å². The SMILES string of the molecule is N#Cc1ccc(Oc2ccc3c(c2)CC[C@H]3C2SC(=O)NC2=O)cc1. The molecule has 6 heteroatoms. The van der Waals surface area contributed by atoms with Gasteiger partial charge in [0, 0.05) is 5.92 Å². The van der Waals surface area contributed by atoms with Gasteiger partial charge in [0.2, 0.25) is 5.91 Å². The number of ether oxygens (including phenoxy) is 1. The minimum absolute atomic E-state index is 0.0652. The smallest absolute Gasteiger partial charge is 0.286 e. The Hall–Kier alpha value is -2.78. The van der Waals surface area contributed by atoms with Crippen molar-refractivity contribution in [2.24, 2.45) is 0 Å². The predicted octanol–water partition coefficient (Wildman–Crippen LogP) is 3.73. The van der Waals surface area contributed by atoms with Gasteiger partial charge in [-0.1, -0.05) is 17.8 Å². The van der Waals surface area contributed by atoms with Gasteiger partial charge in [-0.25, -0.2) is 0 Å². The summed E-state index contributed by atoms with van der Waals surface area (Å²) in [4.78, 5) is 23.4. The van der Waals surface area contributed by atoms with Crippen molar-refractivity contribution in [3.63, 3.8) is 0 Å². The zero-order chi connectivity index (χ0) is 17.4. The lowest BCUT2D eigenvalue weighted by atomic mass is 9.97. The van der Waals surface area contributed by atoms with Crippen LogP contribution in [0.4, 0.5) is 4.79 Å². The molecule has 2 aromatic carbocycles. The van der Waals surface area contributed by atoms with Gasteiger partial charge in [-0.2, -0.15) is 5.26 Å². The van der Waals surface area contributed by atoms with Crippen LogP contribution in [-0.4, -0.2) is 16.4 Å². The molecule has 2 aliphatic rings. The molecule has 1 N–H and O–H groups in total. The van der Waals surface area contributed by atoms with Crippen molar-refractivity contribution in [2.75, 3.05) is 0 Å². The molecule has 124 valence electrons. The first-order valence-corrected chi connectivity index (χ1v) is 8.84. The van der Waals surface area contributed by atoms with Gasteiger partial charge < -0.3 is 4.74 Å². The summed E-state index contributed by atoms with van der Waals surface area (Å²) >= 11 is 1.09. The van der Waals surface area contributed by atoms with Gasteiger partial charge in [-0.15, -0.1) is 0 Å². The number of imide groups is 1. The molecule has 2 atom stereocenters. The van der Waals surface area contributed by atoms with Gasteiger partial charge in [0.1, 0.15) is 16.7 Å². The molecule has 1 unspecified atom stereocenters. The number of hydrogen-bond acceptors (Lipinski definition) is 5. The second kappa shape index (κ2) is 6.26. The van der Waals surface area contributed by atoms with Crippen molar-refractivity contribution in [3.05, 3.63) is 59.2 Å². The van der Waals surface area contributed by atoms with E-state index in [2.05, 4.69) is 11.4 Å². The Labute approximate surface area is 149 Å². The van der Waals surface area contributed by atoms with Gasteiger partial charge in [0.05, 0.1) is 11.6 Å². The number of fused-ring (bicyclic) bond motifs is 1. The number of nitrogens with zero attached hydrogens (tertiary/aromatic N) is 1. The molecule has 1 saturated heterocycles. The number of carbonyl (C=O) groups excluding carboxylic acids is 2. The fourth-order valence-corrected chi connectivity index (χ4v) is 4.38. The molecule has 2 aromatic rings. The van der Waals surface area contributed by atoms with Crippen molar-refractivity contribution in [2.45, 2.75) is 24.0 Å². The number of thioether (sulfide) groups is 1. The maximum atomic E-state index is 11.9. The van der Waals surface area contributed by atoms with Gasteiger partial charge in [-0.3, -0.25) is 14.9 Å². The van der Waals surface area contributed by atoms with E-state index in [9.17, 15) is 9.59 Å². The van der Waals surface area contributed by atoms with Crippen molar-refractivity contribution in [1.29, 1.82) is 5.26 Å². The Morgan fingerprint density at radius 2 is 1.88 bits per heavy atom. The highest BCUT2D eigenvalue weighted by atomic mass is 32.2. The van der Waals surface area contributed by atoms with E-state index in [0.717, 1.165) is 41.5 Å². The van der Waals surface area contributed by atoms with Crippen LogP contribution in [-0.2, 0) is 11.2 Å². The Kier molecular flexibility index (Phi) is 3.94. The Morgan fingerprint density at radius 3 is 2.56 bits per heavy atom. The van der Waals surface area contributed by atoms with E-state index in [0.29, 0.717) is 11.3 Å². The summed E-state index contributed by atoms with van der Waals surface area (Å²) in [5.74, 6) is 1.27. The standard InChI is InChI=1S/C19H14N2O3S/c20-10-11-1-4-13(5-2-11)24-14-6-8-15-12(9-14)3-7-16(15)17-18(22)21-19(23)25-17/h1-2,4-6,8-9,16-17H,3,7H2,(H,21,22,23)/t16-,17?/m1/s1. The Bertz CT molecular complexity index is 902. The first-order valence-electron chi connectivity index (χ1n) is 7.96. The third kappa shape index (κ3) is 2.99. The Morgan fingerprint density at radius 1 is 1.12 bits per heavy atom. The van der Waals surface area contributed by atoms with E-state index in [1.807, 2.05) is 18.2 Å². The molecule has 1 heterocycles. The highest BCUT2D eigenvalue weighted by molar-refractivity contribution is 8.15. The number of benzene rings is 2. The Balaban J connectivity index is 1.54. The topological polar surface area (TPSA) is 79.2 Å². The molecule has 0 bridgehead atoms. The van der Waals surface area contributed by atoms with E-state index >= 15 is 0 Å². The van der Waals surface area contributed by atoms with E-state index in [1.54, 1.807) is 24.3 Å². The fourth-order valence-electron chi connectivity index (χ4n) is 3.37. The van der Waals surface area contributed by atoms with Crippen LogP contribution in [0.5, 0.6) is 11.5 Å². The number of carbonyl (C=O) groups is 2. The van der Waals surface area contributed by atoms with Crippen LogP contribution >= 0.6 is 11.8 Å². The summed E-state index contributed by atoms with van der Waals surface area (Å²) in [6, 6.07) is 14.9. The minimum Gasteiger partial charge on any atom is -0.457 e. The van der Waals surface area contributed by atoms with E-state index in [4.69, 9.17) is 10.00 Å². The minimum atomic E-state index is -0.334. The quantitative estimate of drug-likeness (QED) is 0.912. The van der Waals surface area contributed by atoms with Crippen LogP contribution < -0.4 is 10.1 Å². The monoisotopic (exact) mass is 350 g/mol. The highest BCUT2D eigenvalue weighted by Crippen LogP contribution is 2.43. The summed E-state index contributed by atoms with van der Waals surface area (Å²) < 4.78 is 5.85. The highest BCUT2D eigenvalue weighted by Gasteiger charge is 2.41. The number of aryl methyl sites for hydroxylation is 1. The van der Waals surface area contributed by atoms with Crippen LogP contribution in [0.2, 0.25) is 0 Å².